The lowest BCUT2D eigenvalue weighted by Gasteiger charge is -2.30. The second-order valence-corrected chi connectivity index (χ2v) is 6.99. The molecule has 1 saturated heterocycles. The molecule has 0 spiro atoms. The van der Waals surface area contributed by atoms with E-state index >= 15 is 0 Å². The van der Waals surface area contributed by atoms with Crippen molar-refractivity contribution in [3.63, 3.8) is 0 Å². The Morgan fingerprint density at radius 1 is 1.22 bits per heavy atom. The maximum atomic E-state index is 11.7. The van der Waals surface area contributed by atoms with E-state index in [4.69, 9.17) is 4.52 Å². The summed E-state index contributed by atoms with van der Waals surface area (Å²) in [6, 6.07) is 9.86. The molecule has 8 nitrogen and oxygen atoms in total. The van der Waals surface area contributed by atoms with Crippen molar-refractivity contribution in [1.29, 1.82) is 0 Å². The third-order valence-electron chi connectivity index (χ3n) is 5.19. The summed E-state index contributed by atoms with van der Waals surface area (Å²) in [5, 5.41) is 10.8. The minimum atomic E-state index is -0.115. The molecule has 142 valence electrons. The lowest BCUT2D eigenvalue weighted by Crippen LogP contribution is -2.34. The number of aromatic amines is 1. The molecule has 27 heavy (non-hydrogen) atoms. The summed E-state index contributed by atoms with van der Waals surface area (Å²) < 4.78 is 7.14. The number of H-pyrrole nitrogens is 1. The van der Waals surface area contributed by atoms with Crippen LogP contribution in [0.4, 0.5) is 0 Å². The number of nitrogens with zero attached hydrogens (tertiary/aromatic N) is 5. The molecule has 0 aliphatic carbocycles. The van der Waals surface area contributed by atoms with Crippen LogP contribution in [-0.2, 0) is 19.5 Å². The molecule has 8 heteroatoms. The maximum Gasteiger partial charge on any atom is 0.343 e. The topological polar surface area (TPSA) is 92.8 Å². The fourth-order valence-electron chi connectivity index (χ4n) is 3.65. The standard InChI is InChI=1S/C19H24N6O2/c1-2-25-16(21-22-19(25)26)12-14-8-10-24(11-9-14)13-17-20-18(23-27-17)15-6-4-3-5-7-15/h3-7,14H,2,8-13H2,1H3,(H,22,26). The van der Waals surface area contributed by atoms with Crippen LogP contribution in [0, 0.1) is 5.92 Å². The van der Waals surface area contributed by atoms with Gasteiger partial charge < -0.3 is 4.52 Å². The van der Waals surface area contributed by atoms with Gasteiger partial charge in [-0.15, -0.1) is 0 Å². The van der Waals surface area contributed by atoms with Gasteiger partial charge in [-0.2, -0.15) is 10.1 Å². The highest BCUT2D eigenvalue weighted by molar-refractivity contribution is 5.53. The predicted octanol–water partition coefficient (Wildman–Crippen LogP) is 2.10. The van der Waals surface area contributed by atoms with E-state index in [0.717, 1.165) is 43.7 Å². The molecule has 1 aliphatic heterocycles. The predicted molar refractivity (Wildman–Crippen MR) is 100.0 cm³/mol. The molecule has 0 bridgehead atoms. The summed E-state index contributed by atoms with van der Waals surface area (Å²) in [7, 11) is 0. The highest BCUT2D eigenvalue weighted by Crippen LogP contribution is 2.22. The molecule has 1 fully saturated rings. The van der Waals surface area contributed by atoms with Crippen LogP contribution in [0.1, 0.15) is 31.5 Å². The smallest absolute Gasteiger partial charge is 0.338 e. The zero-order valence-corrected chi connectivity index (χ0v) is 15.5. The van der Waals surface area contributed by atoms with Crippen LogP contribution in [0.5, 0.6) is 0 Å². The summed E-state index contributed by atoms with van der Waals surface area (Å²) in [4.78, 5) is 18.5. The SMILES string of the molecule is CCn1c(CC2CCN(Cc3nc(-c4ccccc4)no3)CC2)n[nH]c1=O. The van der Waals surface area contributed by atoms with E-state index in [2.05, 4.69) is 25.2 Å². The second kappa shape index (κ2) is 7.87. The van der Waals surface area contributed by atoms with Crippen LogP contribution < -0.4 is 5.69 Å². The Morgan fingerprint density at radius 2 is 2.00 bits per heavy atom. The van der Waals surface area contributed by atoms with E-state index in [1.165, 1.54) is 0 Å². The van der Waals surface area contributed by atoms with Gasteiger partial charge in [-0.1, -0.05) is 35.5 Å². The lowest BCUT2D eigenvalue weighted by molar-refractivity contribution is 0.157. The summed E-state index contributed by atoms with van der Waals surface area (Å²) in [6.07, 6.45) is 2.99. The van der Waals surface area contributed by atoms with Crippen molar-refractivity contribution in [2.24, 2.45) is 5.92 Å². The first kappa shape index (κ1) is 17.7. The Morgan fingerprint density at radius 3 is 2.74 bits per heavy atom. The highest BCUT2D eigenvalue weighted by atomic mass is 16.5. The number of hydrogen-bond donors (Lipinski definition) is 1. The molecule has 0 radical (unpaired) electrons. The Balaban J connectivity index is 1.31. The van der Waals surface area contributed by atoms with Crippen LogP contribution in [-0.4, -0.2) is 42.9 Å². The van der Waals surface area contributed by atoms with Crippen LogP contribution in [0.15, 0.2) is 39.6 Å². The minimum Gasteiger partial charge on any atom is -0.338 e. The number of hydrogen-bond acceptors (Lipinski definition) is 6. The van der Waals surface area contributed by atoms with Crippen LogP contribution in [0.3, 0.4) is 0 Å². The van der Waals surface area contributed by atoms with Crippen molar-refractivity contribution >= 4 is 0 Å². The van der Waals surface area contributed by atoms with Gasteiger partial charge >= 0.3 is 5.69 Å². The number of likely N-dealkylation sites (tertiary alicyclic amines) is 1. The van der Waals surface area contributed by atoms with Crippen LogP contribution >= 0.6 is 0 Å². The summed E-state index contributed by atoms with van der Waals surface area (Å²) in [6.45, 7) is 5.26. The Hall–Kier alpha value is -2.74. The van der Waals surface area contributed by atoms with E-state index in [1.807, 2.05) is 37.3 Å². The zero-order valence-electron chi connectivity index (χ0n) is 15.5. The molecule has 0 saturated carbocycles. The van der Waals surface area contributed by atoms with Crippen molar-refractivity contribution in [1.82, 2.24) is 29.8 Å². The number of piperidine rings is 1. The molecule has 4 rings (SSSR count). The molecule has 1 aliphatic rings. The van der Waals surface area contributed by atoms with Crippen molar-refractivity contribution in [3.05, 3.63) is 52.5 Å². The van der Waals surface area contributed by atoms with E-state index < -0.39 is 0 Å². The third kappa shape index (κ3) is 4.00. The average Bonchev–Trinajstić information content (AvgIpc) is 3.30. The zero-order chi connectivity index (χ0) is 18.6. The fraction of sp³-hybridized carbons (Fsp3) is 0.474. The number of aromatic nitrogens is 5. The van der Waals surface area contributed by atoms with E-state index in [0.29, 0.717) is 30.7 Å². The van der Waals surface area contributed by atoms with E-state index in [1.54, 1.807) is 4.57 Å². The Bertz CT molecular complexity index is 921. The molecule has 1 N–H and O–H groups in total. The van der Waals surface area contributed by atoms with Crippen LogP contribution in [0.2, 0.25) is 0 Å². The summed E-state index contributed by atoms with van der Waals surface area (Å²) in [5.74, 6) is 2.70. The highest BCUT2D eigenvalue weighted by Gasteiger charge is 2.23. The molecule has 3 heterocycles. The lowest BCUT2D eigenvalue weighted by atomic mass is 9.93. The number of nitrogens with one attached hydrogen (secondary N) is 1. The second-order valence-electron chi connectivity index (χ2n) is 6.99. The first-order valence-electron chi connectivity index (χ1n) is 9.47. The molecule has 0 atom stereocenters. The molecular formula is C19H24N6O2. The first-order chi connectivity index (χ1) is 13.2. The Kier molecular flexibility index (Phi) is 5.15. The van der Waals surface area contributed by atoms with Gasteiger partial charge in [0.1, 0.15) is 5.82 Å². The molecule has 2 aromatic heterocycles. The minimum absolute atomic E-state index is 0.115. The van der Waals surface area contributed by atoms with Crippen molar-refractivity contribution in [2.45, 2.75) is 39.3 Å². The quantitative estimate of drug-likeness (QED) is 0.716. The van der Waals surface area contributed by atoms with Crippen molar-refractivity contribution < 1.29 is 4.52 Å². The molecule has 0 amide bonds. The molecule has 1 aromatic carbocycles. The van der Waals surface area contributed by atoms with Gasteiger partial charge in [-0.25, -0.2) is 9.89 Å². The van der Waals surface area contributed by atoms with Gasteiger partial charge in [-0.05, 0) is 38.8 Å². The molecule has 3 aromatic rings. The maximum absolute atomic E-state index is 11.7. The number of benzene rings is 1. The average molecular weight is 368 g/mol. The van der Waals surface area contributed by atoms with Crippen molar-refractivity contribution in [3.8, 4) is 11.4 Å². The Labute approximate surface area is 157 Å². The summed E-state index contributed by atoms with van der Waals surface area (Å²) in [5.41, 5.74) is 0.850. The van der Waals surface area contributed by atoms with Gasteiger partial charge in [0.25, 0.3) is 0 Å². The van der Waals surface area contributed by atoms with E-state index in [9.17, 15) is 4.79 Å². The van der Waals surface area contributed by atoms with Crippen LogP contribution in [0.25, 0.3) is 11.4 Å². The third-order valence-corrected chi connectivity index (χ3v) is 5.19. The first-order valence-corrected chi connectivity index (χ1v) is 9.47. The number of rotatable bonds is 6. The molecular weight excluding hydrogens is 344 g/mol. The van der Waals surface area contributed by atoms with Crippen molar-refractivity contribution in [2.75, 3.05) is 13.1 Å². The molecule has 0 unspecified atom stereocenters. The van der Waals surface area contributed by atoms with Gasteiger partial charge in [0.05, 0.1) is 6.54 Å². The normalized spacial score (nSPS) is 16.0. The fourth-order valence-corrected chi connectivity index (χ4v) is 3.65. The monoisotopic (exact) mass is 368 g/mol. The summed E-state index contributed by atoms with van der Waals surface area (Å²) >= 11 is 0. The van der Waals surface area contributed by atoms with Gasteiger partial charge in [0.2, 0.25) is 11.7 Å². The van der Waals surface area contributed by atoms with Gasteiger partial charge in [0.15, 0.2) is 0 Å². The van der Waals surface area contributed by atoms with Gasteiger partial charge in [-0.3, -0.25) is 9.47 Å². The van der Waals surface area contributed by atoms with Gasteiger partial charge in [0, 0.05) is 18.5 Å². The largest absolute Gasteiger partial charge is 0.343 e. The van der Waals surface area contributed by atoms with E-state index in [-0.39, 0.29) is 5.69 Å².